The van der Waals surface area contributed by atoms with Gasteiger partial charge in [0.05, 0.1) is 5.69 Å². The molecular formula is C17H15Cl3IN3O2S. The average molecular weight is 559 g/mol. The molecule has 3 N–H and O–H groups in total. The summed E-state index contributed by atoms with van der Waals surface area (Å²) in [6.45, 7) is 0.0875. The average Bonchev–Trinajstić information content (AvgIpc) is 2.61. The van der Waals surface area contributed by atoms with Crippen molar-refractivity contribution < 1.29 is 9.53 Å². The number of alkyl carbamates (subject to hydrolysis) is 1. The topological polar surface area (TPSA) is 62.4 Å². The molecule has 1 atom stereocenters. The van der Waals surface area contributed by atoms with Gasteiger partial charge in [-0.05, 0) is 52.5 Å². The normalized spacial score (nSPS) is 12.0. The molecule has 0 spiro atoms. The molecule has 0 radical (unpaired) electrons. The predicted molar refractivity (Wildman–Crippen MR) is 122 cm³/mol. The number of amides is 1. The van der Waals surface area contributed by atoms with E-state index in [2.05, 4.69) is 38.5 Å². The molecule has 10 heteroatoms. The van der Waals surface area contributed by atoms with Gasteiger partial charge in [0.25, 0.3) is 0 Å². The van der Waals surface area contributed by atoms with Crippen molar-refractivity contribution in [3.8, 4) is 0 Å². The maximum Gasteiger partial charge on any atom is 0.409 e. The summed E-state index contributed by atoms with van der Waals surface area (Å²) in [5.41, 5.74) is 1.62. The van der Waals surface area contributed by atoms with Gasteiger partial charge in [0.2, 0.25) is 3.79 Å². The van der Waals surface area contributed by atoms with Gasteiger partial charge < -0.3 is 15.4 Å². The Morgan fingerprint density at radius 1 is 1.07 bits per heavy atom. The molecule has 5 nitrogen and oxygen atoms in total. The molecule has 2 aromatic carbocycles. The Balaban J connectivity index is 1.93. The van der Waals surface area contributed by atoms with E-state index in [1.165, 1.54) is 0 Å². The molecule has 0 fully saturated rings. The quantitative estimate of drug-likeness (QED) is 0.204. The predicted octanol–water partition coefficient (Wildman–Crippen LogP) is 5.20. The van der Waals surface area contributed by atoms with Gasteiger partial charge in [0.15, 0.2) is 11.3 Å². The van der Waals surface area contributed by atoms with Gasteiger partial charge >= 0.3 is 6.09 Å². The fourth-order valence-corrected chi connectivity index (χ4v) is 3.01. The molecule has 1 amide bonds. The molecule has 0 heterocycles. The molecule has 0 unspecified atom stereocenters. The van der Waals surface area contributed by atoms with E-state index >= 15 is 0 Å². The molecule has 2 aromatic rings. The van der Waals surface area contributed by atoms with Crippen LogP contribution in [0.5, 0.6) is 0 Å². The number of carbonyl (C=O) groups is 1. The minimum atomic E-state index is -1.86. The summed E-state index contributed by atoms with van der Waals surface area (Å²) in [5.74, 6) is 0. The van der Waals surface area contributed by atoms with Crippen LogP contribution in [0.3, 0.4) is 0 Å². The zero-order chi connectivity index (χ0) is 19.9. The second kappa shape index (κ2) is 10.5. The van der Waals surface area contributed by atoms with Crippen LogP contribution in [0.4, 0.5) is 10.5 Å². The first-order chi connectivity index (χ1) is 12.8. The number of nitrogens with one attached hydrogen (secondary N) is 3. The Morgan fingerprint density at radius 3 is 2.33 bits per heavy atom. The van der Waals surface area contributed by atoms with Crippen LogP contribution in [0.25, 0.3) is 0 Å². The molecule has 27 heavy (non-hydrogen) atoms. The van der Waals surface area contributed by atoms with Crippen molar-refractivity contribution in [1.29, 1.82) is 0 Å². The van der Waals surface area contributed by atoms with Crippen LogP contribution < -0.4 is 16.0 Å². The number of halogens is 4. The van der Waals surface area contributed by atoms with Crippen LogP contribution in [0.1, 0.15) is 5.56 Å². The van der Waals surface area contributed by atoms with E-state index in [9.17, 15) is 4.79 Å². The van der Waals surface area contributed by atoms with Crippen LogP contribution in [0.15, 0.2) is 54.6 Å². The lowest BCUT2D eigenvalue weighted by Crippen LogP contribution is -2.56. The highest BCUT2D eigenvalue weighted by Gasteiger charge is 2.35. The highest BCUT2D eigenvalue weighted by Crippen LogP contribution is 2.29. The number of alkyl halides is 3. The lowest BCUT2D eigenvalue weighted by Gasteiger charge is -2.27. The number of hydrogen-bond acceptors (Lipinski definition) is 3. The molecular weight excluding hydrogens is 544 g/mol. The monoisotopic (exact) mass is 557 g/mol. The van der Waals surface area contributed by atoms with Crippen molar-refractivity contribution >= 4 is 86.5 Å². The first-order valence-electron chi connectivity index (χ1n) is 7.61. The van der Waals surface area contributed by atoms with Crippen LogP contribution in [0, 0.1) is 3.57 Å². The van der Waals surface area contributed by atoms with E-state index in [1.54, 1.807) is 0 Å². The van der Waals surface area contributed by atoms with Crippen LogP contribution in [-0.4, -0.2) is 21.2 Å². The fraction of sp³-hybridized carbons (Fsp3) is 0.176. The summed E-state index contributed by atoms with van der Waals surface area (Å²) in [6.07, 6.45) is -1.85. The molecule has 0 saturated carbocycles. The third-order valence-electron chi connectivity index (χ3n) is 3.20. The number of hydrogen-bond donors (Lipinski definition) is 3. The number of carbonyl (C=O) groups excluding carboxylic acids is 1. The van der Waals surface area contributed by atoms with Gasteiger partial charge in [0, 0.05) is 3.57 Å². The zero-order valence-corrected chi connectivity index (χ0v) is 19.0. The zero-order valence-electron chi connectivity index (χ0n) is 13.7. The highest BCUT2D eigenvalue weighted by molar-refractivity contribution is 14.1. The molecule has 0 bridgehead atoms. The van der Waals surface area contributed by atoms with Crippen LogP contribution in [-0.2, 0) is 11.3 Å². The lowest BCUT2D eigenvalue weighted by atomic mass is 10.2. The summed E-state index contributed by atoms with van der Waals surface area (Å²) < 4.78 is 4.24. The van der Waals surface area contributed by atoms with Crippen molar-refractivity contribution in [2.45, 2.75) is 16.6 Å². The standard InChI is InChI=1S/C17H15Cl3IN3O2S/c18-17(19,20)14(23-15(27)22-13-9-5-4-8-12(13)21)24-16(25)26-10-11-6-2-1-3-7-11/h1-9,14H,10H2,(H,24,25)(H2,22,23,27)/t14-/m0/s1. The minimum Gasteiger partial charge on any atom is -0.445 e. The van der Waals surface area contributed by atoms with Crippen molar-refractivity contribution in [2.75, 3.05) is 5.32 Å². The SMILES string of the molecule is O=C(N[C@H](NC(=S)Nc1ccccc1I)C(Cl)(Cl)Cl)OCc1ccccc1. The third kappa shape index (κ3) is 7.87. The number of thiocarbonyl (C=S) groups is 1. The van der Waals surface area contributed by atoms with Gasteiger partial charge in [-0.25, -0.2) is 4.79 Å². The fourth-order valence-electron chi connectivity index (χ4n) is 1.93. The largest absolute Gasteiger partial charge is 0.445 e. The van der Waals surface area contributed by atoms with E-state index in [1.807, 2.05) is 54.6 Å². The summed E-state index contributed by atoms with van der Waals surface area (Å²) in [7, 11) is 0. The molecule has 2 rings (SSSR count). The van der Waals surface area contributed by atoms with E-state index < -0.39 is 16.1 Å². The smallest absolute Gasteiger partial charge is 0.409 e. The number of anilines is 1. The maximum atomic E-state index is 12.1. The van der Waals surface area contributed by atoms with Gasteiger partial charge in [-0.15, -0.1) is 0 Å². The Labute approximate surface area is 191 Å². The Bertz CT molecular complexity index is 790. The van der Waals surface area contributed by atoms with Crippen LogP contribution in [0.2, 0.25) is 0 Å². The van der Waals surface area contributed by atoms with E-state index in [0.717, 1.165) is 14.8 Å². The van der Waals surface area contributed by atoms with Crippen molar-refractivity contribution in [2.24, 2.45) is 0 Å². The summed E-state index contributed by atoms with van der Waals surface area (Å²) in [6, 6.07) is 16.7. The third-order valence-corrected chi connectivity index (χ3v) is 5.02. The molecule has 0 aliphatic carbocycles. The maximum absolute atomic E-state index is 12.1. The molecule has 0 aliphatic rings. The Kier molecular flexibility index (Phi) is 8.68. The number of rotatable bonds is 5. The van der Waals surface area contributed by atoms with E-state index in [0.29, 0.717) is 0 Å². The minimum absolute atomic E-state index is 0.0875. The van der Waals surface area contributed by atoms with E-state index in [4.69, 9.17) is 51.8 Å². The number of ether oxygens (including phenoxy) is 1. The van der Waals surface area contributed by atoms with E-state index in [-0.39, 0.29) is 11.7 Å². The number of benzene rings is 2. The lowest BCUT2D eigenvalue weighted by molar-refractivity contribution is 0.135. The van der Waals surface area contributed by atoms with Gasteiger partial charge in [0.1, 0.15) is 6.61 Å². The Hall–Kier alpha value is -1.000. The van der Waals surface area contributed by atoms with Gasteiger partial charge in [-0.1, -0.05) is 77.3 Å². The summed E-state index contributed by atoms with van der Waals surface area (Å²) >= 11 is 25.2. The van der Waals surface area contributed by atoms with Crippen LogP contribution >= 0.6 is 69.6 Å². The second-order valence-corrected chi connectivity index (χ2v) is 9.20. The first-order valence-corrected chi connectivity index (χ1v) is 10.2. The molecule has 0 aliphatic heterocycles. The highest BCUT2D eigenvalue weighted by atomic mass is 127. The molecule has 0 aromatic heterocycles. The molecule has 0 saturated heterocycles. The first kappa shape index (κ1) is 22.3. The van der Waals surface area contributed by atoms with Crippen molar-refractivity contribution in [1.82, 2.24) is 10.6 Å². The van der Waals surface area contributed by atoms with Crippen molar-refractivity contribution in [3.05, 3.63) is 63.7 Å². The van der Waals surface area contributed by atoms with Crippen molar-refractivity contribution in [3.63, 3.8) is 0 Å². The number of para-hydroxylation sites is 1. The Morgan fingerprint density at radius 2 is 1.70 bits per heavy atom. The van der Waals surface area contributed by atoms with Gasteiger partial charge in [-0.2, -0.15) is 0 Å². The second-order valence-electron chi connectivity index (χ2n) is 5.26. The molecule has 144 valence electrons. The van der Waals surface area contributed by atoms with Gasteiger partial charge in [-0.3, -0.25) is 5.32 Å². The summed E-state index contributed by atoms with van der Waals surface area (Å²) in [5, 5.41) is 8.40. The summed E-state index contributed by atoms with van der Waals surface area (Å²) in [4.78, 5) is 12.1.